The smallest absolute Gasteiger partial charge is 0.410 e. The molecular weight excluding hydrogens is 516 g/mol. The van der Waals surface area contributed by atoms with Crippen molar-refractivity contribution in [1.82, 2.24) is 15.5 Å². The molecule has 39 heavy (non-hydrogen) atoms. The van der Waals surface area contributed by atoms with Crippen molar-refractivity contribution < 1.29 is 19.1 Å². The summed E-state index contributed by atoms with van der Waals surface area (Å²) in [5, 5.41) is 16.0. The molecule has 3 amide bonds. The molecule has 6 atom stereocenters. The minimum absolute atomic E-state index is 0.0474. The topological polar surface area (TPSA) is 112 Å². The predicted molar refractivity (Wildman–Crippen MR) is 145 cm³/mol. The molecule has 1 aromatic rings. The number of nitrogens with one attached hydrogen (secondary N) is 2. The van der Waals surface area contributed by atoms with Gasteiger partial charge in [-0.1, -0.05) is 61.3 Å². The molecule has 5 rings (SSSR count). The zero-order chi connectivity index (χ0) is 27.4. The fourth-order valence-electron chi connectivity index (χ4n) is 6.53. The minimum atomic E-state index is -0.793. The summed E-state index contributed by atoms with van der Waals surface area (Å²) in [6.07, 6.45) is 6.43. The van der Waals surface area contributed by atoms with Gasteiger partial charge >= 0.3 is 6.09 Å². The minimum Gasteiger partial charge on any atom is -0.448 e. The summed E-state index contributed by atoms with van der Waals surface area (Å²) in [7, 11) is 0. The van der Waals surface area contributed by atoms with Crippen molar-refractivity contribution in [3.63, 3.8) is 0 Å². The van der Waals surface area contributed by atoms with Crippen LogP contribution in [0, 0.1) is 46.8 Å². The Kier molecular flexibility index (Phi) is 8.63. The van der Waals surface area contributed by atoms with Crippen molar-refractivity contribution >= 4 is 29.5 Å². The standard InChI is InChI=1S/C30H35ClN4O4/c31-24-9-3-7-20(13-24)26-11-10-22(26)18-39-30(38)35-17-23(19-5-1-2-6-19)15-27(35)29(37)34-25(16-32)14-21-8-4-12-33-28(21)36/h3,7,9,13,19,21-23,25-27H,1-2,4-6,8,12,14-15,17-18H2,(H,33,36)(H,34,37)/t21-,22?,23?,25-,26?,27?/m0/s1. The first-order valence-electron chi connectivity index (χ1n) is 14.1. The molecule has 206 valence electrons. The Morgan fingerprint density at radius 3 is 2.72 bits per heavy atom. The molecule has 0 aromatic heterocycles. The molecule has 8 nitrogen and oxygen atoms in total. The van der Waals surface area contributed by atoms with Crippen LogP contribution in [-0.2, 0) is 14.3 Å². The highest BCUT2D eigenvalue weighted by Gasteiger charge is 2.44. The Balaban J connectivity index is 1.22. The van der Waals surface area contributed by atoms with Gasteiger partial charge in [0.15, 0.2) is 0 Å². The van der Waals surface area contributed by atoms with E-state index in [9.17, 15) is 19.6 Å². The number of likely N-dealkylation sites (tertiary alicyclic amines) is 1. The first-order chi connectivity index (χ1) is 18.9. The van der Waals surface area contributed by atoms with Crippen LogP contribution in [0.2, 0.25) is 5.02 Å². The van der Waals surface area contributed by atoms with Crippen LogP contribution < -0.4 is 10.6 Å². The Hall–Kier alpha value is -3.23. The molecule has 2 heterocycles. The van der Waals surface area contributed by atoms with Crippen LogP contribution in [0.1, 0.15) is 62.8 Å². The summed E-state index contributed by atoms with van der Waals surface area (Å²) in [5.41, 5.74) is 0.996. The predicted octanol–water partition coefficient (Wildman–Crippen LogP) is 4.00. The van der Waals surface area contributed by atoms with Gasteiger partial charge in [0.05, 0.1) is 17.9 Å². The van der Waals surface area contributed by atoms with Crippen LogP contribution in [-0.4, -0.2) is 54.6 Å². The van der Waals surface area contributed by atoms with Gasteiger partial charge in [0, 0.05) is 24.0 Å². The van der Waals surface area contributed by atoms with Gasteiger partial charge in [-0.05, 0) is 55.2 Å². The van der Waals surface area contributed by atoms with Crippen LogP contribution in [0.5, 0.6) is 0 Å². The maximum absolute atomic E-state index is 13.4. The number of piperidine rings is 1. The first-order valence-corrected chi connectivity index (χ1v) is 14.5. The lowest BCUT2D eigenvalue weighted by molar-refractivity contribution is -0.128. The average molecular weight is 551 g/mol. The van der Waals surface area contributed by atoms with E-state index in [1.54, 1.807) is 4.90 Å². The first kappa shape index (κ1) is 27.3. The molecule has 0 bridgehead atoms. The third-order valence-electron chi connectivity index (χ3n) is 8.75. The highest BCUT2D eigenvalue weighted by Crippen LogP contribution is 2.39. The number of hydrogen-bond donors (Lipinski definition) is 2. The highest BCUT2D eigenvalue weighted by molar-refractivity contribution is 6.30. The number of nitrogens with zero attached hydrogens (tertiary/aromatic N) is 2. The molecule has 3 fully saturated rings. The van der Waals surface area contributed by atoms with Crippen molar-refractivity contribution in [3.8, 4) is 17.9 Å². The van der Waals surface area contributed by atoms with Gasteiger partial charge in [-0.3, -0.25) is 14.5 Å². The van der Waals surface area contributed by atoms with E-state index in [1.807, 2.05) is 24.3 Å². The van der Waals surface area contributed by atoms with Crippen molar-refractivity contribution in [2.24, 2.45) is 23.7 Å². The van der Waals surface area contributed by atoms with Crippen LogP contribution in [0.3, 0.4) is 0 Å². The Labute approximate surface area is 234 Å². The fourth-order valence-corrected chi connectivity index (χ4v) is 6.73. The van der Waals surface area contributed by atoms with Crippen molar-refractivity contribution in [2.45, 2.75) is 69.4 Å². The second-order valence-electron chi connectivity index (χ2n) is 11.3. The number of halogens is 1. The average Bonchev–Trinajstić information content (AvgIpc) is 3.59. The molecule has 9 heteroatoms. The largest absolute Gasteiger partial charge is 0.448 e. The quantitative estimate of drug-likeness (QED) is 0.475. The van der Waals surface area contributed by atoms with E-state index >= 15 is 0 Å². The number of benzene rings is 1. The summed E-state index contributed by atoms with van der Waals surface area (Å²) < 4.78 is 5.72. The summed E-state index contributed by atoms with van der Waals surface area (Å²) >= 11 is 6.13. The van der Waals surface area contributed by atoms with Gasteiger partial charge in [0.25, 0.3) is 0 Å². The van der Waals surface area contributed by atoms with E-state index < -0.39 is 18.2 Å². The summed E-state index contributed by atoms with van der Waals surface area (Å²) in [4.78, 5) is 40.5. The van der Waals surface area contributed by atoms with Crippen molar-refractivity contribution in [3.05, 3.63) is 34.9 Å². The number of carbonyl (C=O) groups is 3. The van der Waals surface area contributed by atoms with Gasteiger partial charge in [-0.2, -0.15) is 5.26 Å². The number of rotatable bonds is 8. The molecule has 2 saturated heterocycles. The Bertz CT molecular complexity index is 1200. The maximum atomic E-state index is 13.4. The van der Waals surface area contributed by atoms with E-state index in [0.717, 1.165) is 24.8 Å². The Morgan fingerprint density at radius 1 is 1.21 bits per heavy atom. The summed E-state index contributed by atoms with van der Waals surface area (Å²) in [6.45, 7) is 1.25. The van der Waals surface area contributed by atoms with Crippen LogP contribution in [0.15, 0.2) is 24.3 Å². The fraction of sp³-hybridized carbons (Fsp3) is 0.600. The molecular formula is C30H35ClN4O4. The number of amides is 3. The SMILES string of the molecule is N#C[C@H](C[C@@H]1CCCNC1=O)NC(=O)C1CC(C2CCCC2)CN1C(=O)OCC1C#CC1c1cccc(Cl)c1. The number of nitriles is 1. The zero-order valence-electron chi connectivity index (χ0n) is 22.0. The number of carbonyl (C=O) groups excluding carboxylic acids is 3. The van der Waals surface area contributed by atoms with Crippen LogP contribution in [0.4, 0.5) is 4.79 Å². The van der Waals surface area contributed by atoms with Crippen molar-refractivity contribution in [2.75, 3.05) is 19.7 Å². The van der Waals surface area contributed by atoms with Gasteiger partial charge < -0.3 is 15.4 Å². The molecule has 2 N–H and O–H groups in total. The lowest BCUT2D eigenvalue weighted by Gasteiger charge is -2.28. The number of ether oxygens (including phenoxy) is 1. The van der Waals surface area contributed by atoms with E-state index in [2.05, 4.69) is 28.5 Å². The normalized spacial score (nSPS) is 28.9. The monoisotopic (exact) mass is 550 g/mol. The lowest BCUT2D eigenvalue weighted by Crippen LogP contribution is -2.50. The zero-order valence-corrected chi connectivity index (χ0v) is 22.8. The third kappa shape index (κ3) is 6.34. The van der Waals surface area contributed by atoms with E-state index in [-0.39, 0.29) is 48.5 Å². The lowest BCUT2D eigenvalue weighted by atomic mass is 9.81. The van der Waals surface area contributed by atoms with Crippen LogP contribution >= 0.6 is 11.6 Å². The van der Waals surface area contributed by atoms with Crippen molar-refractivity contribution in [1.29, 1.82) is 5.26 Å². The van der Waals surface area contributed by atoms with Gasteiger partial charge in [-0.15, -0.1) is 0 Å². The van der Waals surface area contributed by atoms with Crippen LogP contribution in [0.25, 0.3) is 0 Å². The summed E-state index contributed by atoms with van der Waals surface area (Å²) in [5.74, 6) is 6.04. The van der Waals surface area contributed by atoms with E-state index in [4.69, 9.17) is 16.3 Å². The second-order valence-corrected chi connectivity index (χ2v) is 11.7. The second kappa shape index (κ2) is 12.3. The molecule has 4 aliphatic rings. The number of hydrogen-bond acceptors (Lipinski definition) is 5. The molecule has 1 saturated carbocycles. The molecule has 1 aromatic carbocycles. The molecule has 0 spiro atoms. The Morgan fingerprint density at radius 2 is 2.03 bits per heavy atom. The third-order valence-corrected chi connectivity index (χ3v) is 8.98. The molecule has 4 unspecified atom stereocenters. The molecule has 0 radical (unpaired) electrons. The van der Waals surface area contributed by atoms with Gasteiger partial charge in [0.1, 0.15) is 18.7 Å². The maximum Gasteiger partial charge on any atom is 0.410 e. The van der Waals surface area contributed by atoms with Gasteiger partial charge in [-0.25, -0.2) is 4.79 Å². The summed E-state index contributed by atoms with van der Waals surface area (Å²) in [6, 6.07) is 8.19. The van der Waals surface area contributed by atoms with E-state index in [0.29, 0.717) is 36.9 Å². The highest BCUT2D eigenvalue weighted by atomic mass is 35.5. The molecule has 2 aliphatic heterocycles. The van der Waals surface area contributed by atoms with Gasteiger partial charge in [0.2, 0.25) is 11.8 Å². The van der Waals surface area contributed by atoms with E-state index in [1.165, 1.54) is 12.8 Å². The molecule has 2 aliphatic carbocycles.